The predicted octanol–water partition coefficient (Wildman–Crippen LogP) is 2.53. The number of aliphatic imine (C=N–C) groups is 1. The van der Waals surface area contributed by atoms with Crippen LogP contribution >= 0.6 is 24.0 Å². The van der Waals surface area contributed by atoms with E-state index in [1.165, 1.54) is 19.3 Å². The summed E-state index contributed by atoms with van der Waals surface area (Å²) in [4.78, 5) is 16.1. The third kappa shape index (κ3) is 7.62. The molecule has 1 aromatic heterocycles. The molecule has 3 N–H and O–H groups in total. The average Bonchev–Trinajstić information content (AvgIpc) is 3.05. The van der Waals surface area contributed by atoms with Crippen LogP contribution < -0.4 is 16.0 Å². The molecular weight excluding hydrogens is 433 g/mol. The molecule has 0 spiro atoms. The summed E-state index contributed by atoms with van der Waals surface area (Å²) in [5.41, 5.74) is 0.932. The zero-order valence-corrected chi connectivity index (χ0v) is 17.6. The molecule has 0 aliphatic heterocycles. The van der Waals surface area contributed by atoms with Gasteiger partial charge < -0.3 is 20.5 Å². The Bertz CT molecular complexity index is 553. The first-order valence-corrected chi connectivity index (χ1v) is 8.78. The lowest BCUT2D eigenvalue weighted by Gasteiger charge is -2.23. The molecule has 1 aliphatic rings. The van der Waals surface area contributed by atoms with Crippen molar-refractivity contribution in [2.75, 3.05) is 13.6 Å². The van der Waals surface area contributed by atoms with E-state index in [-0.39, 0.29) is 36.4 Å². The van der Waals surface area contributed by atoms with Crippen LogP contribution in [0.4, 0.5) is 0 Å². The second-order valence-corrected chi connectivity index (χ2v) is 6.55. The summed E-state index contributed by atoms with van der Waals surface area (Å²) in [5.74, 6) is 1.65. The van der Waals surface area contributed by atoms with Gasteiger partial charge >= 0.3 is 0 Å². The first-order valence-electron chi connectivity index (χ1n) is 8.78. The zero-order valence-electron chi connectivity index (χ0n) is 15.3. The first kappa shape index (κ1) is 21.7. The van der Waals surface area contributed by atoms with Crippen molar-refractivity contribution in [1.29, 1.82) is 0 Å². The van der Waals surface area contributed by atoms with Gasteiger partial charge in [-0.25, -0.2) is 0 Å². The Morgan fingerprint density at radius 1 is 1.32 bits per heavy atom. The molecule has 1 heterocycles. The normalized spacial score (nSPS) is 15.6. The van der Waals surface area contributed by atoms with E-state index < -0.39 is 0 Å². The number of nitrogens with zero attached hydrogens (tertiary/aromatic N) is 2. The molecule has 0 radical (unpaired) electrons. The summed E-state index contributed by atoms with van der Waals surface area (Å²) < 4.78 is 5.27. The van der Waals surface area contributed by atoms with E-state index in [2.05, 4.69) is 39.9 Å². The van der Waals surface area contributed by atoms with Gasteiger partial charge in [0.2, 0.25) is 5.91 Å². The van der Waals surface area contributed by atoms with Crippen LogP contribution in [-0.2, 0) is 11.3 Å². The topological polar surface area (TPSA) is 91.5 Å². The number of guanidine groups is 1. The van der Waals surface area contributed by atoms with Gasteiger partial charge in [0.1, 0.15) is 0 Å². The molecule has 8 heteroatoms. The second-order valence-electron chi connectivity index (χ2n) is 6.55. The van der Waals surface area contributed by atoms with Crippen LogP contribution in [0.2, 0.25) is 0 Å². The van der Waals surface area contributed by atoms with Gasteiger partial charge in [-0.2, -0.15) is 0 Å². The molecule has 0 unspecified atom stereocenters. The van der Waals surface area contributed by atoms with Crippen LogP contribution in [0, 0.1) is 0 Å². The minimum Gasteiger partial charge on any atom is -0.359 e. The molecule has 7 nitrogen and oxygen atoms in total. The Hall–Kier alpha value is -1.32. The predicted molar refractivity (Wildman–Crippen MR) is 109 cm³/mol. The number of hydrogen-bond donors (Lipinski definition) is 3. The zero-order chi connectivity index (χ0) is 17.4. The molecule has 0 aromatic carbocycles. The Labute approximate surface area is 166 Å². The highest BCUT2D eigenvalue weighted by Crippen LogP contribution is 2.17. The summed E-state index contributed by atoms with van der Waals surface area (Å²) in [5, 5.41) is 13.2. The fourth-order valence-corrected chi connectivity index (χ4v) is 2.77. The monoisotopic (exact) mass is 463 g/mol. The fraction of sp³-hybridized carbons (Fsp3) is 0.706. The third-order valence-corrected chi connectivity index (χ3v) is 4.21. The van der Waals surface area contributed by atoms with E-state index in [9.17, 15) is 4.79 Å². The van der Waals surface area contributed by atoms with Gasteiger partial charge in [-0.3, -0.25) is 9.79 Å². The molecule has 1 fully saturated rings. The Kier molecular flexibility index (Phi) is 9.84. The van der Waals surface area contributed by atoms with Gasteiger partial charge in [-0.1, -0.05) is 38.3 Å². The molecule has 1 aliphatic carbocycles. The number of aromatic nitrogens is 1. The van der Waals surface area contributed by atoms with Crippen LogP contribution in [0.25, 0.3) is 0 Å². The van der Waals surface area contributed by atoms with Crippen molar-refractivity contribution in [2.24, 2.45) is 4.99 Å². The number of amides is 1. The van der Waals surface area contributed by atoms with Gasteiger partial charge in [0.15, 0.2) is 11.7 Å². The maximum Gasteiger partial charge on any atom is 0.239 e. The maximum atomic E-state index is 12.0. The van der Waals surface area contributed by atoms with Gasteiger partial charge in [-0.05, 0) is 18.8 Å². The summed E-state index contributed by atoms with van der Waals surface area (Å²) in [6.07, 6.45) is 5.86. The van der Waals surface area contributed by atoms with Gasteiger partial charge in [0, 0.05) is 19.2 Å². The van der Waals surface area contributed by atoms with E-state index in [0.717, 1.165) is 24.3 Å². The molecule has 25 heavy (non-hydrogen) atoms. The lowest BCUT2D eigenvalue weighted by molar-refractivity contribution is -0.120. The van der Waals surface area contributed by atoms with Crippen molar-refractivity contribution >= 4 is 35.8 Å². The van der Waals surface area contributed by atoms with E-state index in [1.807, 2.05) is 6.07 Å². The minimum atomic E-state index is 0. The SMILES string of the molecule is CN=C(NCC(=O)NC1CCCCC1)NCc1cc(C(C)C)no1.I. The van der Waals surface area contributed by atoms with Crippen LogP contribution in [0.15, 0.2) is 15.6 Å². The van der Waals surface area contributed by atoms with Crippen LogP contribution in [-0.4, -0.2) is 36.7 Å². The van der Waals surface area contributed by atoms with Gasteiger partial charge in [-0.15, -0.1) is 24.0 Å². The molecular formula is C17H30IN5O2. The number of hydrogen-bond acceptors (Lipinski definition) is 4. The third-order valence-electron chi connectivity index (χ3n) is 4.21. The Balaban J connectivity index is 0.00000312. The van der Waals surface area contributed by atoms with Crippen molar-refractivity contribution in [3.05, 3.63) is 17.5 Å². The molecule has 0 bridgehead atoms. The Morgan fingerprint density at radius 2 is 2.04 bits per heavy atom. The number of carbonyl (C=O) groups excluding carboxylic acids is 1. The van der Waals surface area contributed by atoms with Crippen molar-refractivity contribution in [3.63, 3.8) is 0 Å². The number of nitrogens with one attached hydrogen (secondary N) is 3. The summed E-state index contributed by atoms with van der Waals surface area (Å²) in [6.45, 7) is 4.83. The molecule has 2 rings (SSSR count). The maximum absolute atomic E-state index is 12.0. The fourth-order valence-electron chi connectivity index (χ4n) is 2.77. The first-order chi connectivity index (χ1) is 11.6. The molecule has 1 aromatic rings. The lowest BCUT2D eigenvalue weighted by Crippen LogP contribution is -2.45. The van der Waals surface area contributed by atoms with Crippen LogP contribution in [0.1, 0.15) is 63.3 Å². The second kappa shape index (κ2) is 11.3. The van der Waals surface area contributed by atoms with E-state index in [0.29, 0.717) is 24.5 Å². The highest BCUT2D eigenvalue weighted by molar-refractivity contribution is 14.0. The van der Waals surface area contributed by atoms with E-state index >= 15 is 0 Å². The number of halogens is 1. The smallest absolute Gasteiger partial charge is 0.239 e. The lowest BCUT2D eigenvalue weighted by atomic mass is 9.95. The van der Waals surface area contributed by atoms with Crippen LogP contribution in [0.5, 0.6) is 0 Å². The summed E-state index contributed by atoms with van der Waals surface area (Å²) in [6, 6.07) is 2.26. The van der Waals surface area contributed by atoms with Crippen molar-refractivity contribution in [3.8, 4) is 0 Å². The molecule has 142 valence electrons. The van der Waals surface area contributed by atoms with Gasteiger partial charge in [0.25, 0.3) is 0 Å². The van der Waals surface area contributed by atoms with Crippen molar-refractivity contribution in [1.82, 2.24) is 21.1 Å². The highest BCUT2D eigenvalue weighted by atomic mass is 127. The summed E-state index contributed by atoms with van der Waals surface area (Å²) in [7, 11) is 1.67. The highest BCUT2D eigenvalue weighted by Gasteiger charge is 2.15. The number of carbonyl (C=O) groups is 1. The molecule has 1 amide bonds. The largest absolute Gasteiger partial charge is 0.359 e. The molecule has 0 saturated heterocycles. The van der Waals surface area contributed by atoms with Gasteiger partial charge in [0.05, 0.1) is 18.8 Å². The van der Waals surface area contributed by atoms with E-state index in [4.69, 9.17) is 4.52 Å². The van der Waals surface area contributed by atoms with E-state index in [1.54, 1.807) is 7.05 Å². The number of rotatable bonds is 6. The molecule has 0 atom stereocenters. The molecule has 1 saturated carbocycles. The minimum absolute atomic E-state index is 0. The quantitative estimate of drug-likeness (QED) is 0.343. The average molecular weight is 463 g/mol. The Morgan fingerprint density at radius 3 is 2.64 bits per heavy atom. The standard InChI is InChI=1S/C17H29N5O2.HI/c1-12(2)15-9-14(24-22-15)10-19-17(18-3)20-11-16(23)21-13-7-5-4-6-8-13;/h9,12-13H,4-8,10-11H2,1-3H3,(H,21,23)(H2,18,19,20);1H. The summed E-state index contributed by atoms with van der Waals surface area (Å²) >= 11 is 0. The van der Waals surface area contributed by atoms with Crippen molar-refractivity contribution < 1.29 is 9.32 Å². The van der Waals surface area contributed by atoms with Crippen molar-refractivity contribution in [2.45, 2.75) is 64.5 Å². The van der Waals surface area contributed by atoms with Crippen LogP contribution in [0.3, 0.4) is 0 Å².